The van der Waals surface area contributed by atoms with Crippen molar-refractivity contribution >= 4 is 11.9 Å². The highest BCUT2D eigenvalue weighted by Crippen LogP contribution is 2.20. The van der Waals surface area contributed by atoms with Crippen LogP contribution in [-0.4, -0.2) is 30.1 Å². The van der Waals surface area contributed by atoms with Crippen molar-refractivity contribution < 1.29 is 24.2 Å². The number of unbranched alkanes of at least 4 members (excludes halogenated alkanes) is 3. The van der Waals surface area contributed by atoms with E-state index in [-0.39, 0.29) is 18.4 Å². The summed E-state index contributed by atoms with van der Waals surface area (Å²) in [6.07, 6.45) is 6.30. The first-order valence-electron chi connectivity index (χ1n) is 13.4. The zero-order valence-corrected chi connectivity index (χ0v) is 22.2. The third-order valence-electron chi connectivity index (χ3n) is 6.52. The third kappa shape index (κ3) is 10.7. The highest BCUT2D eigenvalue weighted by atomic mass is 16.5. The van der Waals surface area contributed by atoms with Gasteiger partial charge in [-0.2, -0.15) is 0 Å². The number of amides is 1. The van der Waals surface area contributed by atoms with E-state index in [0.29, 0.717) is 25.9 Å². The van der Waals surface area contributed by atoms with Gasteiger partial charge in [0.2, 0.25) is 5.91 Å². The van der Waals surface area contributed by atoms with E-state index in [0.717, 1.165) is 54.7 Å². The van der Waals surface area contributed by atoms with E-state index in [9.17, 15) is 9.59 Å². The van der Waals surface area contributed by atoms with Gasteiger partial charge in [0.1, 0.15) is 18.1 Å². The zero-order valence-electron chi connectivity index (χ0n) is 22.2. The Labute approximate surface area is 226 Å². The second-order valence-electron chi connectivity index (χ2n) is 9.55. The number of hydrogen-bond acceptors (Lipinski definition) is 4. The molecule has 0 radical (unpaired) electrons. The fourth-order valence-corrected chi connectivity index (χ4v) is 4.43. The highest BCUT2D eigenvalue weighted by molar-refractivity contribution is 5.76. The molecule has 0 saturated heterocycles. The van der Waals surface area contributed by atoms with E-state index in [2.05, 4.69) is 11.4 Å². The van der Waals surface area contributed by atoms with Crippen molar-refractivity contribution in [3.05, 3.63) is 95.6 Å². The summed E-state index contributed by atoms with van der Waals surface area (Å²) in [6.45, 7) is 0.498. The van der Waals surface area contributed by atoms with Gasteiger partial charge in [0.15, 0.2) is 0 Å². The number of benzene rings is 3. The zero-order chi connectivity index (χ0) is 27.0. The van der Waals surface area contributed by atoms with Crippen LogP contribution in [0.4, 0.5) is 0 Å². The Bertz CT molecular complexity index is 1110. The molecule has 1 unspecified atom stereocenters. The van der Waals surface area contributed by atoms with Gasteiger partial charge in [0.05, 0.1) is 7.11 Å². The number of carboxylic acid groups (broad SMARTS) is 1. The molecule has 0 heterocycles. The van der Waals surface area contributed by atoms with Gasteiger partial charge in [0, 0.05) is 18.9 Å². The van der Waals surface area contributed by atoms with Crippen LogP contribution >= 0.6 is 0 Å². The maximum Gasteiger partial charge on any atom is 0.303 e. The minimum Gasteiger partial charge on any atom is -0.496 e. The monoisotopic (exact) mass is 517 g/mol. The van der Waals surface area contributed by atoms with Crippen molar-refractivity contribution in [1.29, 1.82) is 0 Å². The first-order valence-corrected chi connectivity index (χ1v) is 13.4. The molecule has 0 bridgehead atoms. The van der Waals surface area contributed by atoms with E-state index < -0.39 is 5.97 Å². The van der Waals surface area contributed by atoms with Crippen LogP contribution in [-0.2, 0) is 29.0 Å². The standard InChI is InChI=1S/C32H39NO5/c1-37-30-15-10-9-14-27(30)13-7-2-3-8-16-31(34)33-28(19-22-32(35)36)23-25-17-20-29(21-18-25)38-24-26-11-5-4-6-12-26/h4-6,9-12,14-15,17-18,20-21,28H,2-3,7-8,13,16,19,22-24H2,1H3,(H,33,34)(H,35,36). The average Bonchev–Trinajstić information content (AvgIpc) is 2.94. The normalized spacial score (nSPS) is 11.5. The summed E-state index contributed by atoms with van der Waals surface area (Å²) in [5.41, 5.74) is 3.35. The predicted octanol–water partition coefficient (Wildman–Crippen LogP) is 6.36. The maximum atomic E-state index is 12.6. The molecule has 6 nitrogen and oxygen atoms in total. The lowest BCUT2D eigenvalue weighted by atomic mass is 10.0. The molecule has 1 amide bonds. The fraction of sp³-hybridized carbons (Fsp3) is 0.375. The molecule has 0 aliphatic rings. The lowest BCUT2D eigenvalue weighted by Gasteiger charge is -2.18. The molecule has 3 aromatic carbocycles. The molecule has 3 aromatic rings. The number of rotatable bonds is 17. The van der Waals surface area contributed by atoms with Crippen LogP contribution in [0.15, 0.2) is 78.9 Å². The summed E-state index contributed by atoms with van der Waals surface area (Å²) in [5.74, 6) is 0.819. The molecule has 6 heteroatoms. The number of aryl methyl sites for hydroxylation is 1. The van der Waals surface area contributed by atoms with Gasteiger partial charge < -0.3 is 19.9 Å². The Morgan fingerprint density at radius 2 is 1.53 bits per heavy atom. The molecule has 0 aliphatic carbocycles. The van der Waals surface area contributed by atoms with Crippen molar-refractivity contribution in [1.82, 2.24) is 5.32 Å². The first-order chi connectivity index (χ1) is 18.5. The van der Waals surface area contributed by atoms with E-state index in [1.54, 1.807) is 7.11 Å². The number of hydrogen-bond donors (Lipinski definition) is 2. The quantitative estimate of drug-likeness (QED) is 0.204. The molecule has 0 saturated carbocycles. The summed E-state index contributed by atoms with van der Waals surface area (Å²) < 4.78 is 11.3. The number of nitrogens with one attached hydrogen (secondary N) is 1. The molecule has 0 fully saturated rings. The molecule has 0 aromatic heterocycles. The summed E-state index contributed by atoms with van der Waals surface area (Å²) in [7, 11) is 1.69. The lowest BCUT2D eigenvalue weighted by molar-refractivity contribution is -0.137. The van der Waals surface area contributed by atoms with Crippen molar-refractivity contribution in [2.75, 3.05) is 7.11 Å². The second-order valence-corrected chi connectivity index (χ2v) is 9.55. The number of carbonyl (C=O) groups excluding carboxylic acids is 1. The Balaban J connectivity index is 1.40. The summed E-state index contributed by atoms with van der Waals surface area (Å²) in [6, 6.07) is 25.6. The minimum absolute atomic E-state index is 0.0200. The van der Waals surface area contributed by atoms with Crippen LogP contribution in [0, 0.1) is 0 Å². The number of para-hydroxylation sites is 1. The maximum absolute atomic E-state index is 12.6. The van der Waals surface area contributed by atoms with Gasteiger partial charge in [0.25, 0.3) is 0 Å². The number of methoxy groups -OCH3 is 1. The number of carbonyl (C=O) groups is 2. The van der Waals surface area contributed by atoms with E-state index in [4.69, 9.17) is 14.6 Å². The third-order valence-corrected chi connectivity index (χ3v) is 6.52. The van der Waals surface area contributed by atoms with Crippen molar-refractivity contribution in [2.45, 2.75) is 70.4 Å². The Kier molecular flexibility index (Phi) is 12.2. The van der Waals surface area contributed by atoms with Gasteiger partial charge in [-0.25, -0.2) is 0 Å². The molecule has 2 N–H and O–H groups in total. The SMILES string of the molecule is COc1ccccc1CCCCCCC(=O)NC(CCC(=O)O)Cc1ccc(OCc2ccccc2)cc1. The van der Waals surface area contributed by atoms with Crippen LogP contribution < -0.4 is 14.8 Å². The fourth-order valence-electron chi connectivity index (χ4n) is 4.43. The lowest BCUT2D eigenvalue weighted by Crippen LogP contribution is -2.36. The second kappa shape index (κ2) is 16.1. The summed E-state index contributed by atoms with van der Waals surface area (Å²) in [5, 5.41) is 12.2. The van der Waals surface area contributed by atoms with Crippen LogP contribution in [0.1, 0.15) is 61.6 Å². The van der Waals surface area contributed by atoms with Crippen molar-refractivity contribution in [3.63, 3.8) is 0 Å². The Morgan fingerprint density at radius 1 is 0.816 bits per heavy atom. The first kappa shape index (κ1) is 28.8. The molecule has 0 aliphatic heterocycles. The molecular formula is C32H39NO5. The molecule has 0 spiro atoms. The van der Waals surface area contributed by atoms with Crippen LogP contribution in [0.3, 0.4) is 0 Å². The van der Waals surface area contributed by atoms with E-state index in [1.165, 1.54) is 5.56 Å². The van der Waals surface area contributed by atoms with Gasteiger partial charge in [-0.05, 0) is 67.0 Å². The molecule has 3 rings (SSSR count). The van der Waals surface area contributed by atoms with Gasteiger partial charge >= 0.3 is 5.97 Å². The van der Waals surface area contributed by atoms with Crippen LogP contribution in [0.5, 0.6) is 11.5 Å². The van der Waals surface area contributed by atoms with Crippen LogP contribution in [0.25, 0.3) is 0 Å². The summed E-state index contributed by atoms with van der Waals surface area (Å²) >= 11 is 0. The molecular weight excluding hydrogens is 478 g/mol. The van der Waals surface area contributed by atoms with Gasteiger partial charge in [-0.15, -0.1) is 0 Å². The van der Waals surface area contributed by atoms with E-state index in [1.807, 2.05) is 72.8 Å². The molecule has 38 heavy (non-hydrogen) atoms. The molecule has 1 atom stereocenters. The van der Waals surface area contributed by atoms with Gasteiger partial charge in [-0.3, -0.25) is 9.59 Å². The number of ether oxygens (including phenoxy) is 2. The largest absolute Gasteiger partial charge is 0.496 e. The predicted molar refractivity (Wildman–Crippen MR) is 150 cm³/mol. The Hall–Kier alpha value is -3.80. The van der Waals surface area contributed by atoms with Crippen molar-refractivity contribution in [3.8, 4) is 11.5 Å². The smallest absolute Gasteiger partial charge is 0.303 e. The topological polar surface area (TPSA) is 84.9 Å². The molecule has 202 valence electrons. The summed E-state index contributed by atoms with van der Waals surface area (Å²) in [4.78, 5) is 23.8. The minimum atomic E-state index is -0.857. The average molecular weight is 518 g/mol. The van der Waals surface area contributed by atoms with Crippen LogP contribution in [0.2, 0.25) is 0 Å². The Morgan fingerprint density at radius 3 is 2.26 bits per heavy atom. The number of carboxylic acids is 1. The van der Waals surface area contributed by atoms with E-state index >= 15 is 0 Å². The van der Waals surface area contributed by atoms with Gasteiger partial charge in [-0.1, -0.05) is 73.5 Å². The number of aliphatic carboxylic acids is 1. The highest BCUT2D eigenvalue weighted by Gasteiger charge is 2.15. The van der Waals surface area contributed by atoms with Crippen molar-refractivity contribution in [2.24, 2.45) is 0 Å².